The van der Waals surface area contributed by atoms with Gasteiger partial charge in [-0.25, -0.2) is 0 Å². The Morgan fingerprint density at radius 1 is 0.219 bits per heavy atom. The van der Waals surface area contributed by atoms with Crippen LogP contribution in [0.25, 0.3) is 131 Å². The first-order chi connectivity index (χ1) is 52.0. The highest BCUT2D eigenvalue weighted by Gasteiger charge is 2.31. The standard InChI is InChI=1S/C96H84N6O3/c1-4-7-10-28-55-97-82-61-70(100(64-31-16-13-17-32-64)67-46-52-88-79(58-67)73-37-22-25-40-85(73)103-88)43-49-76(82)91-94(97)92-77-50-44-71(101(65-33-18-14-19-34-65)68-47-53-89-80(59-68)74-38-23-26-41-86(74)104-89)62-83(77)98(56-29-11-8-5-2)96(92)93-78-51-45-72(63-84(78)99(95(91)93)57-30-12-9-6-3)102(66-35-20-15-21-36-66)69-48-54-90-81(60-69)75-39-24-27-42-87(75)105-90/h13-27,31-54,58-63H,4-12,28-30,55-57H2,1-3H3. The Morgan fingerprint density at radius 3 is 0.771 bits per heavy atom. The highest BCUT2D eigenvalue weighted by molar-refractivity contribution is 6.40. The molecule has 0 saturated carbocycles. The maximum Gasteiger partial charge on any atom is 0.135 e. The molecular formula is C96H84N6O3. The fourth-order valence-electron chi connectivity index (χ4n) is 17.3. The van der Waals surface area contributed by atoms with Gasteiger partial charge in [-0.05, 0) is 165 Å². The van der Waals surface area contributed by atoms with Crippen molar-refractivity contribution in [3.63, 3.8) is 0 Å². The molecular weight excluding hydrogens is 1290 g/mol. The average molecular weight is 1370 g/mol. The lowest BCUT2D eigenvalue weighted by molar-refractivity contribution is 0.600. The molecule has 0 atom stereocenters. The molecule has 105 heavy (non-hydrogen) atoms. The number of anilines is 9. The molecule has 6 heterocycles. The summed E-state index contributed by atoms with van der Waals surface area (Å²) in [7, 11) is 0. The van der Waals surface area contributed by atoms with Crippen LogP contribution in [-0.2, 0) is 19.6 Å². The summed E-state index contributed by atoms with van der Waals surface area (Å²) >= 11 is 0. The molecule has 13 aromatic carbocycles. The van der Waals surface area contributed by atoms with Crippen LogP contribution in [0.4, 0.5) is 51.2 Å². The molecule has 0 spiro atoms. The largest absolute Gasteiger partial charge is 0.456 e. The number of hydrogen-bond donors (Lipinski definition) is 0. The summed E-state index contributed by atoms with van der Waals surface area (Å²) in [6.07, 6.45) is 13.5. The molecule has 516 valence electrons. The maximum absolute atomic E-state index is 6.49. The van der Waals surface area contributed by atoms with E-state index < -0.39 is 0 Å². The SMILES string of the molecule is CCCCCCn1c2cc(N(c3ccccc3)c3ccc4oc5ccccc5c4c3)ccc2c2c1c1c3ccc(N(c4ccccc4)c4ccc5oc6ccccc6c5c4)cc3n(CCCCCC)c1c1c3ccc(N(c4ccccc4)c4ccc5oc6ccccc6c5c4)cc3n(CCCCCC)c21. The summed E-state index contributed by atoms with van der Waals surface area (Å²) in [5, 5.41) is 14.4. The highest BCUT2D eigenvalue weighted by Crippen LogP contribution is 2.53. The van der Waals surface area contributed by atoms with Crippen molar-refractivity contribution in [3.8, 4) is 0 Å². The lowest BCUT2D eigenvalue weighted by Gasteiger charge is -2.26. The summed E-state index contributed by atoms with van der Waals surface area (Å²) in [6, 6.07) is 101. The molecule has 9 nitrogen and oxygen atoms in total. The number of furan rings is 3. The first-order valence-electron chi connectivity index (χ1n) is 38.3. The van der Waals surface area contributed by atoms with E-state index in [-0.39, 0.29) is 0 Å². The van der Waals surface area contributed by atoms with Gasteiger partial charge < -0.3 is 41.7 Å². The van der Waals surface area contributed by atoms with E-state index in [2.05, 4.69) is 322 Å². The fourth-order valence-corrected chi connectivity index (χ4v) is 17.3. The number of aromatic nitrogens is 3. The van der Waals surface area contributed by atoms with Gasteiger partial charge in [0.25, 0.3) is 0 Å². The molecule has 0 radical (unpaired) electrons. The Morgan fingerprint density at radius 2 is 0.476 bits per heavy atom. The Balaban J connectivity index is 0.934. The van der Waals surface area contributed by atoms with Crippen LogP contribution in [-0.4, -0.2) is 13.7 Å². The van der Waals surface area contributed by atoms with Crippen molar-refractivity contribution >= 4 is 182 Å². The van der Waals surface area contributed by atoms with E-state index in [0.717, 1.165) is 194 Å². The molecule has 19 rings (SSSR count). The predicted octanol–water partition coefficient (Wildman–Crippen LogP) is 28.9. The van der Waals surface area contributed by atoms with Gasteiger partial charge in [-0.2, -0.15) is 0 Å². The molecule has 19 aromatic rings. The fraction of sp³-hybridized carbons (Fsp3) is 0.188. The van der Waals surface area contributed by atoms with E-state index in [9.17, 15) is 0 Å². The third-order valence-electron chi connectivity index (χ3n) is 22.2. The Hall–Kier alpha value is -11.9. The molecule has 0 aliphatic heterocycles. The first kappa shape index (κ1) is 63.9. The molecule has 9 heteroatoms. The molecule has 6 aromatic heterocycles. The van der Waals surface area contributed by atoms with Gasteiger partial charge in [-0.15, -0.1) is 0 Å². The second-order valence-electron chi connectivity index (χ2n) is 28.8. The number of benzene rings is 13. The van der Waals surface area contributed by atoms with Crippen LogP contribution < -0.4 is 14.7 Å². The molecule has 0 bridgehead atoms. The molecule has 0 saturated heterocycles. The van der Waals surface area contributed by atoms with Gasteiger partial charge >= 0.3 is 0 Å². The van der Waals surface area contributed by atoms with E-state index >= 15 is 0 Å². The smallest absolute Gasteiger partial charge is 0.135 e. The van der Waals surface area contributed by atoms with Gasteiger partial charge in [0.2, 0.25) is 0 Å². The summed E-state index contributed by atoms with van der Waals surface area (Å²) in [5.74, 6) is 0. The minimum Gasteiger partial charge on any atom is -0.456 e. The molecule has 0 aliphatic rings. The van der Waals surface area contributed by atoms with E-state index in [1.54, 1.807) is 0 Å². The van der Waals surface area contributed by atoms with Crippen molar-refractivity contribution < 1.29 is 13.3 Å². The van der Waals surface area contributed by atoms with Crippen molar-refractivity contribution in [2.75, 3.05) is 14.7 Å². The predicted molar refractivity (Wildman–Crippen MR) is 444 cm³/mol. The van der Waals surface area contributed by atoms with Crippen molar-refractivity contribution in [1.29, 1.82) is 0 Å². The molecule has 0 fully saturated rings. The van der Waals surface area contributed by atoms with Gasteiger partial charge in [-0.3, -0.25) is 0 Å². The zero-order valence-electron chi connectivity index (χ0n) is 60.0. The van der Waals surface area contributed by atoms with Gasteiger partial charge in [-0.1, -0.05) is 206 Å². The average Bonchev–Trinajstić information content (AvgIpc) is 1.51. The van der Waals surface area contributed by atoms with Gasteiger partial charge in [0.15, 0.2) is 0 Å². The van der Waals surface area contributed by atoms with Crippen molar-refractivity contribution in [2.45, 2.75) is 117 Å². The van der Waals surface area contributed by atoms with E-state index in [1.807, 2.05) is 0 Å². The zero-order chi connectivity index (χ0) is 70.1. The van der Waals surface area contributed by atoms with Crippen LogP contribution >= 0.6 is 0 Å². The first-order valence-corrected chi connectivity index (χ1v) is 38.3. The lowest BCUT2D eigenvalue weighted by Crippen LogP contribution is -2.10. The molecule has 0 amide bonds. The van der Waals surface area contributed by atoms with E-state index in [1.165, 1.54) is 84.7 Å². The second-order valence-corrected chi connectivity index (χ2v) is 28.8. The normalized spacial score (nSPS) is 12.1. The number of para-hydroxylation sites is 6. The molecule has 0 N–H and O–H groups in total. The topological polar surface area (TPSA) is 63.9 Å². The van der Waals surface area contributed by atoms with E-state index in [4.69, 9.17) is 13.3 Å². The zero-order valence-corrected chi connectivity index (χ0v) is 60.0. The summed E-state index contributed by atoms with van der Waals surface area (Å²) in [5.41, 5.74) is 22.8. The third kappa shape index (κ3) is 11.0. The van der Waals surface area contributed by atoms with Crippen molar-refractivity contribution in [3.05, 3.63) is 273 Å². The number of rotatable bonds is 24. The summed E-state index contributed by atoms with van der Waals surface area (Å²) in [6.45, 7) is 9.58. The second kappa shape index (κ2) is 27.0. The Kier molecular flexibility index (Phi) is 16.5. The molecule has 0 aliphatic carbocycles. The Labute approximate surface area is 610 Å². The van der Waals surface area contributed by atoms with Crippen LogP contribution in [0.5, 0.6) is 0 Å². The number of aryl methyl sites for hydroxylation is 3. The number of nitrogens with zero attached hydrogens (tertiary/aromatic N) is 6. The number of unbranched alkanes of at least 4 members (excludes halogenated alkanes) is 9. The van der Waals surface area contributed by atoms with Crippen LogP contribution in [0.1, 0.15) is 97.8 Å². The van der Waals surface area contributed by atoms with Gasteiger partial charge in [0.05, 0.1) is 33.1 Å². The van der Waals surface area contributed by atoms with Gasteiger partial charge in [0.1, 0.15) is 33.5 Å². The Bertz CT molecular complexity index is 5810. The van der Waals surface area contributed by atoms with Gasteiger partial charge in [0, 0.05) is 135 Å². The van der Waals surface area contributed by atoms with Crippen LogP contribution in [0.15, 0.2) is 286 Å². The third-order valence-corrected chi connectivity index (χ3v) is 22.2. The minimum absolute atomic E-state index is 0.861. The lowest BCUT2D eigenvalue weighted by atomic mass is 10.0. The summed E-state index contributed by atoms with van der Waals surface area (Å²) < 4.78 is 27.8. The van der Waals surface area contributed by atoms with Crippen LogP contribution in [0.2, 0.25) is 0 Å². The van der Waals surface area contributed by atoms with E-state index in [0.29, 0.717) is 0 Å². The van der Waals surface area contributed by atoms with Crippen molar-refractivity contribution in [1.82, 2.24) is 13.7 Å². The van der Waals surface area contributed by atoms with Crippen LogP contribution in [0.3, 0.4) is 0 Å². The number of fused-ring (bicyclic) bond motifs is 21. The highest BCUT2D eigenvalue weighted by atomic mass is 16.3. The maximum atomic E-state index is 6.49. The molecule has 0 unspecified atom stereocenters. The number of hydrogen-bond acceptors (Lipinski definition) is 6. The van der Waals surface area contributed by atoms with Crippen molar-refractivity contribution in [2.24, 2.45) is 0 Å². The minimum atomic E-state index is 0.861. The quantitative estimate of drug-likeness (QED) is 0.0562. The summed E-state index contributed by atoms with van der Waals surface area (Å²) in [4.78, 5) is 7.37. The van der Waals surface area contributed by atoms with Crippen LogP contribution in [0, 0.1) is 0 Å². The monoisotopic (exact) mass is 1370 g/mol.